The maximum atomic E-state index is 13.5. The molecule has 0 bridgehead atoms. The van der Waals surface area contributed by atoms with Crippen LogP contribution in [0.4, 0.5) is 8.78 Å². The first kappa shape index (κ1) is 14.1. The molecule has 4 heteroatoms. The number of halogens is 2. The van der Waals surface area contributed by atoms with Gasteiger partial charge in [-0.3, -0.25) is 0 Å². The third-order valence-electron chi connectivity index (χ3n) is 3.01. The number of nitrogens with one attached hydrogen (secondary N) is 1. The summed E-state index contributed by atoms with van der Waals surface area (Å²) in [4.78, 5) is 0. The Labute approximate surface area is 101 Å². The largest absolute Gasteiger partial charge is 0.380 e. The zero-order valence-corrected chi connectivity index (χ0v) is 10.6. The Kier molecular flexibility index (Phi) is 5.02. The Morgan fingerprint density at radius 1 is 1.18 bits per heavy atom. The Balaban J connectivity index is 2.75. The van der Waals surface area contributed by atoms with E-state index >= 15 is 0 Å². The summed E-state index contributed by atoms with van der Waals surface area (Å²) in [5.74, 6) is -0.828. The van der Waals surface area contributed by atoms with Crippen molar-refractivity contribution in [3.05, 3.63) is 35.4 Å². The van der Waals surface area contributed by atoms with E-state index in [0.717, 1.165) is 12.1 Å². The second-order valence-electron chi connectivity index (χ2n) is 4.28. The minimum Gasteiger partial charge on any atom is -0.380 e. The van der Waals surface area contributed by atoms with Crippen molar-refractivity contribution in [2.75, 3.05) is 7.11 Å². The molecule has 0 saturated carbocycles. The van der Waals surface area contributed by atoms with Crippen LogP contribution in [0.15, 0.2) is 18.2 Å². The minimum absolute atomic E-state index is 0.00840. The molecule has 0 radical (unpaired) electrons. The van der Waals surface area contributed by atoms with Crippen LogP contribution in [0.1, 0.15) is 32.4 Å². The molecule has 2 nitrogen and oxygen atoms in total. The van der Waals surface area contributed by atoms with E-state index in [2.05, 4.69) is 5.32 Å². The number of ether oxygens (including phenoxy) is 1. The van der Waals surface area contributed by atoms with Crippen molar-refractivity contribution in [3.8, 4) is 0 Å². The summed E-state index contributed by atoms with van der Waals surface area (Å²) in [6.07, 6.45) is 0.00840. The van der Waals surface area contributed by atoms with Crippen molar-refractivity contribution >= 4 is 0 Å². The molecule has 1 N–H and O–H groups in total. The fourth-order valence-electron chi connectivity index (χ4n) is 1.67. The van der Waals surface area contributed by atoms with Gasteiger partial charge in [0.2, 0.25) is 0 Å². The van der Waals surface area contributed by atoms with Gasteiger partial charge in [-0.05, 0) is 39.0 Å². The highest BCUT2D eigenvalue weighted by Gasteiger charge is 2.17. The van der Waals surface area contributed by atoms with Crippen LogP contribution in [0.5, 0.6) is 0 Å². The summed E-state index contributed by atoms with van der Waals surface area (Å²) in [5.41, 5.74) is 0.333. The van der Waals surface area contributed by atoms with Gasteiger partial charge >= 0.3 is 0 Å². The predicted octanol–water partition coefficient (Wildman–Crippen LogP) is 3.04. The number of rotatable bonds is 5. The van der Waals surface area contributed by atoms with Crippen molar-refractivity contribution in [1.82, 2.24) is 5.32 Å². The fourth-order valence-corrected chi connectivity index (χ4v) is 1.67. The number of hydrogen-bond donors (Lipinski definition) is 1. The lowest BCUT2D eigenvalue weighted by Crippen LogP contribution is -2.38. The fraction of sp³-hybridized carbons (Fsp3) is 0.538. The average molecular weight is 243 g/mol. The molecule has 0 spiro atoms. The molecule has 1 aromatic carbocycles. The Hall–Kier alpha value is -1.00. The van der Waals surface area contributed by atoms with Crippen LogP contribution in [0, 0.1) is 11.6 Å². The van der Waals surface area contributed by atoms with E-state index in [9.17, 15) is 8.78 Å². The van der Waals surface area contributed by atoms with Gasteiger partial charge in [-0.1, -0.05) is 0 Å². The van der Waals surface area contributed by atoms with Gasteiger partial charge < -0.3 is 10.1 Å². The van der Waals surface area contributed by atoms with Crippen molar-refractivity contribution in [2.24, 2.45) is 0 Å². The highest BCUT2D eigenvalue weighted by Crippen LogP contribution is 2.19. The summed E-state index contributed by atoms with van der Waals surface area (Å²) < 4.78 is 31.7. The second-order valence-corrected chi connectivity index (χ2v) is 4.28. The van der Waals surface area contributed by atoms with E-state index in [4.69, 9.17) is 4.74 Å². The van der Waals surface area contributed by atoms with Gasteiger partial charge in [-0.15, -0.1) is 0 Å². The zero-order valence-electron chi connectivity index (χ0n) is 10.6. The first-order valence-electron chi connectivity index (χ1n) is 5.69. The van der Waals surface area contributed by atoms with Gasteiger partial charge in [0.1, 0.15) is 11.6 Å². The topological polar surface area (TPSA) is 21.3 Å². The molecular formula is C13H19F2NO. The van der Waals surface area contributed by atoms with Gasteiger partial charge in [0, 0.05) is 24.8 Å². The molecule has 0 aliphatic carbocycles. The molecular weight excluding hydrogens is 224 g/mol. The molecule has 0 aliphatic rings. The van der Waals surface area contributed by atoms with Crippen LogP contribution in [-0.4, -0.2) is 19.3 Å². The normalized spacial score (nSPS) is 16.6. The summed E-state index contributed by atoms with van der Waals surface area (Å²) in [6.45, 7) is 5.67. The molecule has 0 amide bonds. The van der Waals surface area contributed by atoms with E-state index in [0.29, 0.717) is 5.56 Å². The molecule has 1 rings (SSSR count). The summed E-state index contributed by atoms with van der Waals surface area (Å²) >= 11 is 0. The lowest BCUT2D eigenvalue weighted by atomic mass is 10.1. The van der Waals surface area contributed by atoms with Gasteiger partial charge in [0.05, 0.1) is 6.10 Å². The monoisotopic (exact) mass is 243 g/mol. The highest BCUT2D eigenvalue weighted by molar-refractivity contribution is 5.21. The quantitative estimate of drug-likeness (QED) is 0.858. The Morgan fingerprint density at radius 2 is 1.82 bits per heavy atom. The van der Waals surface area contributed by atoms with Crippen molar-refractivity contribution < 1.29 is 13.5 Å². The lowest BCUT2D eigenvalue weighted by Gasteiger charge is -2.24. The van der Waals surface area contributed by atoms with E-state index in [1.807, 2.05) is 13.8 Å². The number of hydrogen-bond acceptors (Lipinski definition) is 2. The second kappa shape index (κ2) is 6.07. The molecule has 96 valence electrons. The van der Waals surface area contributed by atoms with Gasteiger partial charge in [-0.25, -0.2) is 8.78 Å². The van der Waals surface area contributed by atoms with Crippen molar-refractivity contribution in [3.63, 3.8) is 0 Å². The van der Waals surface area contributed by atoms with Crippen LogP contribution in [0.25, 0.3) is 0 Å². The maximum Gasteiger partial charge on any atom is 0.128 e. The average Bonchev–Trinajstić information content (AvgIpc) is 2.30. The van der Waals surface area contributed by atoms with E-state index in [1.54, 1.807) is 14.0 Å². The third kappa shape index (κ3) is 3.75. The van der Waals surface area contributed by atoms with Gasteiger partial charge in [0.15, 0.2) is 0 Å². The summed E-state index contributed by atoms with van der Waals surface area (Å²) in [6, 6.07) is 3.27. The molecule has 1 aromatic rings. The molecule has 0 saturated heterocycles. The van der Waals surface area contributed by atoms with E-state index < -0.39 is 11.6 Å². The van der Waals surface area contributed by atoms with Crippen LogP contribution < -0.4 is 5.32 Å². The van der Waals surface area contributed by atoms with Gasteiger partial charge in [0.25, 0.3) is 0 Å². The number of benzene rings is 1. The smallest absolute Gasteiger partial charge is 0.128 e. The molecule has 17 heavy (non-hydrogen) atoms. The summed E-state index contributed by atoms with van der Waals surface area (Å²) in [5, 5.41) is 3.18. The highest BCUT2D eigenvalue weighted by atomic mass is 19.1. The zero-order chi connectivity index (χ0) is 13.0. The first-order valence-corrected chi connectivity index (χ1v) is 5.69. The standard InChI is InChI=1S/C13H19F2NO/c1-8(10(3)17-4)16-9(2)12-7-11(14)5-6-13(12)15/h5-10,16H,1-4H3. The van der Waals surface area contributed by atoms with Crippen LogP contribution in [-0.2, 0) is 4.74 Å². The molecule has 0 aromatic heterocycles. The third-order valence-corrected chi connectivity index (χ3v) is 3.01. The maximum absolute atomic E-state index is 13.5. The molecule has 0 fully saturated rings. The first-order chi connectivity index (χ1) is 7.95. The van der Waals surface area contributed by atoms with Crippen molar-refractivity contribution in [1.29, 1.82) is 0 Å². The molecule has 3 atom stereocenters. The van der Waals surface area contributed by atoms with Crippen LogP contribution in [0.3, 0.4) is 0 Å². The lowest BCUT2D eigenvalue weighted by molar-refractivity contribution is 0.0850. The van der Waals surface area contributed by atoms with E-state index in [-0.39, 0.29) is 18.2 Å². The molecule has 0 heterocycles. The predicted molar refractivity (Wildman–Crippen MR) is 63.8 cm³/mol. The van der Waals surface area contributed by atoms with Crippen molar-refractivity contribution in [2.45, 2.75) is 39.0 Å². The Morgan fingerprint density at radius 3 is 2.41 bits per heavy atom. The van der Waals surface area contributed by atoms with Gasteiger partial charge in [-0.2, -0.15) is 0 Å². The molecule has 0 aliphatic heterocycles. The SMILES string of the molecule is COC(C)C(C)NC(C)c1cc(F)ccc1F. The van der Waals surface area contributed by atoms with Crippen LogP contribution in [0.2, 0.25) is 0 Å². The number of methoxy groups -OCH3 is 1. The summed E-state index contributed by atoms with van der Waals surface area (Å²) in [7, 11) is 1.62. The van der Waals surface area contributed by atoms with Crippen LogP contribution >= 0.6 is 0 Å². The minimum atomic E-state index is -0.428. The molecule has 3 unspecified atom stereocenters. The Bertz CT molecular complexity index is 370. The van der Waals surface area contributed by atoms with E-state index in [1.165, 1.54) is 6.07 Å².